The van der Waals surface area contributed by atoms with Gasteiger partial charge in [-0.1, -0.05) is 54.6 Å². The number of carbonyl (C=O) groups is 2. The van der Waals surface area contributed by atoms with E-state index in [2.05, 4.69) is 12.1 Å². The summed E-state index contributed by atoms with van der Waals surface area (Å²) in [6.07, 6.45) is 0. The van der Waals surface area contributed by atoms with E-state index in [9.17, 15) is 9.59 Å². The monoisotopic (exact) mass is 300 g/mol. The van der Waals surface area contributed by atoms with Crippen molar-refractivity contribution in [2.75, 3.05) is 0 Å². The highest BCUT2D eigenvalue weighted by atomic mass is 16.2. The molecule has 0 fully saturated rings. The Labute approximate surface area is 134 Å². The van der Waals surface area contributed by atoms with Crippen molar-refractivity contribution in [3.05, 3.63) is 82.4 Å². The van der Waals surface area contributed by atoms with Crippen molar-refractivity contribution in [1.29, 1.82) is 0 Å². The molecule has 112 valence electrons. The lowest BCUT2D eigenvalue weighted by Gasteiger charge is -2.15. The Morgan fingerprint density at radius 2 is 1.26 bits per heavy atom. The van der Waals surface area contributed by atoms with E-state index >= 15 is 0 Å². The van der Waals surface area contributed by atoms with E-state index in [1.54, 1.807) is 12.1 Å². The van der Waals surface area contributed by atoms with Crippen molar-refractivity contribution in [1.82, 2.24) is 0 Å². The van der Waals surface area contributed by atoms with Crippen molar-refractivity contribution in [3.63, 3.8) is 0 Å². The topological polar surface area (TPSA) is 34.1 Å². The first kappa shape index (κ1) is 13.9. The second-order valence-corrected chi connectivity index (χ2v) is 6.16. The minimum Gasteiger partial charge on any atom is -0.293 e. The van der Waals surface area contributed by atoms with E-state index in [0.29, 0.717) is 11.1 Å². The fourth-order valence-corrected chi connectivity index (χ4v) is 3.65. The fraction of sp³-hybridized carbons (Fsp3) is 0.143. The molecule has 0 saturated carbocycles. The van der Waals surface area contributed by atoms with Gasteiger partial charge in [0.25, 0.3) is 0 Å². The van der Waals surface area contributed by atoms with Crippen LogP contribution in [-0.4, -0.2) is 11.6 Å². The van der Waals surface area contributed by atoms with Gasteiger partial charge in [0.1, 0.15) is 5.92 Å². The first-order valence-corrected chi connectivity index (χ1v) is 7.76. The summed E-state index contributed by atoms with van der Waals surface area (Å²) in [5.74, 6) is -0.859. The third-order valence-electron chi connectivity index (χ3n) is 4.85. The Hall–Kier alpha value is -2.74. The summed E-state index contributed by atoms with van der Waals surface area (Å²) in [7, 11) is 0. The highest BCUT2D eigenvalue weighted by Crippen LogP contribution is 2.38. The number of aryl methyl sites for hydroxylation is 2. The second kappa shape index (κ2) is 4.88. The minimum absolute atomic E-state index is 0.0802. The molecule has 0 radical (unpaired) electrons. The van der Waals surface area contributed by atoms with E-state index in [1.165, 1.54) is 5.39 Å². The van der Waals surface area contributed by atoms with Crippen LogP contribution in [0.4, 0.5) is 0 Å². The summed E-state index contributed by atoms with van der Waals surface area (Å²) in [4.78, 5) is 25.6. The number of fused-ring (bicyclic) bond motifs is 2. The first-order valence-electron chi connectivity index (χ1n) is 7.76. The molecule has 3 aromatic carbocycles. The van der Waals surface area contributed by atoms with Crippen LogP contribution in [0.25, 0.3) is 10.8 Å². The van der Waals surface area contributed by atoms with Gasteiger partial charge in [-0.3, -0.25) is 9.59 Å². The van der Waals surface area contributed by atoms with Crippen LogP contribution in [0.2, 0.25) is 0 Å². The lowest BCUT2D eigenvalue weighted by Crippen LogP contribution is -2.14. The molecule has 23 heavy (non-hydrogen) atoms. The normalized spacial score (nSPS) is 14.5. The van der Waals surface area contributed by atoms with Gasteiger partial charge in [-0.15, -0.1) is 0 Å². The van der Waals surface area contributed by atoms with Crippen LogP contribution in [0.15, 0.2) is 54.6 Å². The van der Waals surface area contributed by atoms with E-state index in [-0.39, 0.29) is 11.6 Å². The van der Waals surface area contributed by atoms with E-state index < -0.39 is 5.92 Å². The van der Waals surface area contributed by atoms with Gasteiger partial charge in [0.2, 0.25) is 0 Å². The summed E-state index contributed by atoms with van der Waals surface area (Å²) in [5.41, 5.74) is 4.05. The average molecular weight is 300 g/mol. The molecule has 2 heteroatoms. The van der Waals surface area contributed by atoms with Crippen LogP contribution < -0.4 is 0 Å². The smallest absolute Gasteiger partial charge is 0.178 e. The molecule has 1 aliphatic rings. The molecule has 0 atom stereocenters. The van der Waals surface area contributed by atoms with Crippen LogP contribution in [-0.2, 0) is 0 Å². The number of Topliss-reactive ketones (excluding diaryl/α,β-unsaturated/α-hetero) is 2. The molecule has 1 aliphatic carbocycles. The van der Waals surface area contributed by atoms with Gasteiger partial charge >= 0.3 is 0 Å². The van der Waals surface area contributed by atoms with Gasteiger partial charge < -0.3 is 0 Å². The third-order valence-corrected chi connectivity index (χ3v) is 4.85. The molecule has 0 unspecified atom stereocenters. The number of rotatable bonds is 1. The summed E-state index contributed by atoms with van der Waals surface area (Å²) in [6, 6.07) is 17.3. The van der Waals surface area contributed by atoms with Gasteiger partial charge in [-0.2, -0.15) is 0 Å². The maximum Gasteiger partial charge on any atom is 0.178 e. The van der Waals surface area contributed by atoms with Gasteiger partial charge in [-0.25, -0.2) is 0 Å². The highest BCUT2D eigenvalue weighted by Gasteiger charge is 2.40. The molecule has 2 nitrogen and oxygen atoms in total. The highest BCUT2D eigenvalue weighted by molar-refractivity contribution is 6.30. The van der Waals surface area contributed by atoms with Crippen molar-refractivity contribution >= 4 is 22.3 Å². The lowest BCUT2D eigenvalue weighted by atomic mass is 9.86. The molecule has 0 aliphatic heterocycles. The summed E-state index contributed by atoms with van der Waals surface area (Å²) in [5, 5.41) is 2.28. The summed E-state index contributed by atoms with van der Waals surface area (Å²) < 4.78 is 0. The van der Waals surface area contributed by atoms with Gasteiger partial charge in [-0.05, 0) is 41.3 Å². The standard InChI is InChI=1S/C21H16O2/c1-12-11-18(13(2)15-8-4-3-7-14(12)15)19-20(22)16-9-5-6-10-17(16)21(19)23/h3-11,19H,1-2H3. The Morgan fingerprint density at radius 3 is 1.87 bits per heavy atom. The van der Waals surface area contributed by atoms with Crippen molar-refractivity contribution < 1.29 is 9.59 Å². The largest absolute Gasteiger partial charge is 0.293 e. The van der Waals surface area contributed by atoms with E-state index in [1.807, 2.05) is 44.2 Å². The molecule has 3 aromatic rings. The quantitative estimate of drug-likeness (QED) is 0.614. The molecule has 0 saturated heterocycles. The van der Waals surface area contributed by atoms with Crippen LogP contribution in [0.3, 0.4) is 0 Å². The Balaban J connectivity index is 1.96. The third kappa shape index (κ3) is 1.88. The van der Waals surface area contributed by atoms with E-state index in [0.717, 1.165) is 22.1 Å². The number of hydrogen-bond acceptors (Lipinski definition) is 2. The molecule has 0 bridgehead atoms. The number of benzene rings is 3. The number of ketones is 2. The number of hydrogen-bond donors (Lipinski definition) is 0. The predicted molar refractivity (Wildman–Crippen MR) is 91.3 cm³/mol. The molecule has 0 spiro atoms. The predicted octanol–water partition coefficient (Wildman–Crippen LogP) is 4.62. The molecular weight excluding hydrogens is 284 g/mol. The van der Waals surface area contributed by atoms with E-state index in [4.69, 9.17) is 0 Å². The Morgan fingerprint density at radius 1 is 0.739 bits per heavy atom. The maximum atomic E-state index is 12.8. The molecule has 0 heterocycles. The molecular formula is C21H16O2. The van der Waals surface area contributed by atoms with Crippen molar-refractivity contribution in [2.45, 2.75) is 19.8 Å². The fourth-order valence-electron chi connectivity index (χ4n) is 3.65. The second-order valence-electron chi connectivity index (χ2n) is 6.16. The van der Waals surface area contributed by atoms with Crippen LogP contribution in [0.1, 0.15) is 43.3 Å². The zero-order valence-electron chi connectivity index (χ0n) is 13.1. The summed E-state index contributed by atoms with van der Waals surface area (Å²) >= 11 is 0. The molecule has 0 aromatic heterocycles. The van der Waals surface area contributed by atoms with Crippen LogP contribution in [0.5, 0.6) is 0 Å². The minimum atomic E-state index is -0.698. The summed E-state index contributed by atoms with van der Waals surface area (Å²) in [6.45, 7) is 4.03. The van der Waals surface area contributed by atoms with Crippen LogP contribution >= 0.6 is 0 Å². The molecule has 0 amide bonds. The van der Waals surface area contributed by atoms with Crippen molar-refractivity contribution in [2.24, 2.45) is 0 Å². The molecule has 4 rings (SSSR count). The molecule has 0 N–H and O–H groups in total. The SMILES string of the molecule is Cc1cc(C2C(=O)c3ccccc3C2=O)c(C)c2ccccc12. The Kier molecular flexibility index (Phi) is 2.95. The zero-order valence-corrected chi connectivity index (χ0v) is 13.1. The average Bonchev–Trinajstić information content (AvgIpc) is 2.83. The Bertz CT molecular complexity index is 947. The zero-order chi connectivity index (χ0) is 16.1. The lowest BCUT2D eigenvalue weighted by molar-refractivity contribution is 0.0890. The van der Waals surface area contributed by atoms with Crippen molar-refractivity contribution in [3.8, 4) is 0 Å². The maximum absolute atomic E-state index is 12.8. The van der Waals surface area contributed by atoms with Gasteiger partial charge in [0.15, 0.2) is 11.6 Å². The van der Waals surface area contributed by atoms with Gasteiger partial charge in [0.05, 0.1) is 0 Å². The number of carbonyl (C=O) groups excluding carboxylic acids is 2. The van der Waals surface area contributed by atoms with Crippen LogP contribution in [0, 0.1) is 13.8 Å². The first-order chi connectivity index (χ1) is 11.1. The van der Waals surface area contributed by atoms with Gasteiger partial charge in [0, 0.05) is 11.1 Å².